The molecule has 2 aromatic carbocycles. The van der Waals surface area contributed by atoms with E-state index in [0.717, 1.165) is 22.1 Å². The number of aryl methyl sites for hydroxylation is 1. The Labute approximate surface area is 126 Å². The highest BCUT2D eigenvalue weighted by molar-refractivity contribution is 9.10. The first-order chi connectivity index (χ1) is 9.58. The summed E-state index contributed by atoms with van der Waals surface area (Å²) < 4.78 is 0.863. The Bertz CT molecular complexity index is 697. The number of hydrogen-bond donors (Lipinski definition) is 1. The summed E-state index contributed by atoms with van der Waals surface area (Å²) in [6, 6.07) is 11.5. The van der Waals surface area contributed by atoms with Crippen molar-refractivity contribution in [1.82, 2.24) is 0 Å². The normalized spacial score (nSPS) is 13.4. The summed E-state index contributed by atoms with van der Waals surface area (Å²) in [5, 5.41) is 0. The molecule has 1 aliphatic rings. The van der Waals surface area contributed by atoms with Crippen molar-refractivity contribution in [2.24, 2.45) is 0 Å². The van der Waals surface area contributed by atoms with Crippen molar-refractivity contribution in [2.45, 2.75) is 13.3 Å². The van der Waals surface area contributed by atoms with Gasteiger partial charge in [-0.25, -0.2) is 0 Å². The summed E-state index contributed by atoms with van der Waals surface area (Å²) in [6.07, 6.45) is 0.880. The number of hydrogen-bond acceptors (Lipinski definition) is 2. The fourth-order valence-corrected chi connectivity index (χ4v) is 3.00. The van der Waals surface area contributed by atoms with Gasteiger partial charge in [0.1, 0.15) is 0 Å². The van der Waals surface area contributed by atoms with E-state index in [1.807, 2.05) is 48.2 Å². The third-order valence-electron chi connectivity index (χ3n) is 3.67. The number of carbonyl (C=O) groups excluding carboxylic acids is 1. The molecular weight excluding hydrogens is 316 g/mol. The average Bonchev–Trinajstić information content (AvgIpc) is 2.84. The van der Waals surface area contributed by atoms with Gasteiger partial charge in [0, 0.05) is 22.4 Å². The standard InChI is InChI=1S/C16H15BrN2O/c1-10-3-2-4-13(15(10)17)16(20)19-8-7-11-5-6-12(18)9-14(11)19/h2-6,9H,7-8,18H2,1H3. The lowest BCUT2D eigenvalue weighted by Gasteiger charge is -2.19. The second-order valence-corrected chi connectivity index (χ2v) is 5.82. The Morgan fingerprint density at radius 3 is 2.90 bits per heavy atom. The Morgan fingerprint density at radius 1 is 1.30 bits per heavy atom. The summed E-state index contributed by atoms with van der Waals surface area (Å²) in [5.74, 6) is 0.0184. The molecule has 1 heterocycles. The highest BCUT2D eigenvalue weighted by Gasteiger charge is 2.27. The van der Waals surface area contributed by atoms with Crippen LogP contribution in [0, 0.1) is 6.92 Å². The Hall–Kier alpha value is -1.81. The van der Waals surface area contributed by atoms with Gasteiger partial charge in [-0.2, -0.15) is 0 Å². The summed E-state index contributed by atoms with van der Waals surface area (Å²) >= 11 is 3.51. The first-order valence-corrected chi connectivity index (χ1v) is 7.32. The lowest BCUT2D eigenvalue weighted by Crippen LogP contribution is -2.29. The van der Waals surface area contributed by atoms with Crippen molar-refractivity contribution in [3.63, 3.8) is 0 Å². The third kappa shape index (κ3) is 2.10. The Morgan fingerprint density at radius 2 is 2.10 bits per heavy atom. The Kier molecular flexibility index (Phi) is 3.26. The Balaban J connectivity index is 2.02. The fraction of sp³-hybridized carbons (Fsp3) is 0.188. The van der Waals surface area contributed by atoms with E-state index >= 15 is 0 Å². The molecule has 0 radical (unpaired) electrons. The average molecular weight is 331 g/mol. The number of nitrogens with two attached hydrogens (primary N) is 1. The molecule has 2 N–H and O–H groups in total. The van der Waals surface area contributed by atoms with E-state index in [4.69, 9.17) is 5.73 Å². The summed E-state index contributed by atoms with van der Waals surface area (Å²) in [5.41, 5.74) is 10.4. The zero-order valence-corrected chi connectivity index (χ0v) is 12.8. The molecule has 0 spiro atoms. The molecule has 2 aromatic rings. The molecule has 0 unspecified atom stereocenters. The van der Waals surface area contributed by atoms with Crippen LogP contribution in [-0.4, -0.2) is 12.5 Å². The van der Waals surface area contributed by atoms with Crippen LogP contribution >= 0.6 is 15.9 Å². The number of nitrogen functional groups attached to an aromatic ring is 1. The smallest absolute Gasteiger partial charge is 0.259 e. The van der Waals surface area contributed by atoms with Gasteiger partial charge in [-0.05, 0) is 58.6 Å². The summed E-state index contributed by atoms with van der Waals surface area (Å²) in [4.78, 5) is 14.6. The maximum Gasteiger partial charge on any atom is 0.259 e. The minimum atomic E-state index is 0.0184. The number of amides is 1. The topological polar surface area (TPSA) is 46.3 Å². The molecule has 4 heteroatoms. The van der Waals surface area contributed by atoms with Crippen molar-refractivity contribution in [1.29, 1.82) is 0 Å². The minimum absolute atomic E-state index is 0.0184. The lowest BCUT2D eigenvalue weighted by molar-refractivity contribution is 0.0988. The monoisotopic (exact) mass is 330 g/mol. The SMILES string of the molecule is Cc1cccc(C(=O)N2CCc3ccc(N)cc32)c1Br. The molecule has 0 aromatic heterocycles. The molecule has 0 bridgehead atoms. The van der Waals surface area contributed by atoms with Crippen LogP contribution in [0.4, 0.5) is 11.4 Å². The van der Waals surface area contributed by atoms with Gasteiger partial charge in [0.15, 0.2) is 0 Å². The number of halogens is 1. The van der Waals surface area contributed by atoms with Crippen molar-refractivity contribution in [2.75, 3.05) is 17.2 Å². The van der Waals surface area contributed by atoms with Gasteiger partial charge >= 0.3 is 0 Å². The lowest BCUT2D eigenvalue weighted by atomic mass is 10.1. The van der Waals surface area contributed by atoms with Crippen LogP contribution in [0.5, 0.6) is 0 Å². The summed E-state index contributed by atoms with van der Waals surface area (Å²) in [7, 11) is 0. The van der Waals surface area contributed by atoms with Crippen LogP contribution in [0.25, 0.3) is 0 Å². The van der Waals surface area contributed by atoms with E-state index in [9.17, 15) is 4.79 Å². The van der Waals surface area contributed by atoms with Gasteiger partial charge in [0.05, 0.1) is 5.56 Å². The molecule has 0 saturated carbocycles. The van der Waals surface area contributed by atoms with Crippen LogP contribution < -0.4 is 10.6 Å². The van der Waals surface area contributed by atoms with Gasteiger partial charge in [0.25, 0.3) is 5.91 Å². The maximum absolute atomic E-state index is 12.7. The maximum atomic E-state index is 12.7. The minimum Gasteiger partial charge on any atom is -0.399 e. The van der Waals surface area contributed by atoms with Crippen molar-refractivity contribution in [3.8, 4) is 0 Å². The van der Waals surface area contributed by atoms with E-state index in [2.05, 4.69) is 15.9 Å². The predicted octanol–water partition coefficient (Wildman–Crippen LogP) is 3.54. The number of carbonyl (C=O) groups is 1. The number of anilines is 2. The van der Waals surface area contributed by atoms with Gasteiger partial charge in [-0.15, -0.1) is 0 Å². The van der Waals surface area contributed by atoms with Crippen molar-refractivity contribution < 1.29 is 4.79 Å². The molecule has 102 valence electrons. The molecular formula is C16H15BrN2O. The highest BCUT2D eigenvalue weighted by Crippen LogP contribution is 2.32. The zero-order chi connectivity index (χ0) is 14.3. The second kappa shape index (κ2) is 4.94. The number of benzene rings is 2. The van der Waals surface area contributed by atoms with Gasteiger partial charge in [-0.3, -0.25) is 4.79 Å². The van der Waals surface area contributed by atoms with E-state index in [1.54, 1.807) is 0 Å². The first-order valence-electron chi connectivity index (χ1n) is 6.53. The van der Waals surface area contributed by atoms with Crippen LogP contribution in [0.2, 0.25) is 0 Å². The third-order valence-corrected chi connectivity index (χ3v) is 4.72. The molecule has 3 rings (SSSR count). The van der Waals surface area contributed by atoms with Crippen molar-refractivity contribution >= 4 is 33.2 Å². The van der Waals surface area contributed by atoms with E-state index in [0.29, 0.717) is 17.8 Å². The van der Waals surface area contributed by atoms with Gasteiger partial charge in [0.2, 0.25) is 0 Å². The van der Waals surface area contributed by atoms with Crippen LogP contribution in [-0.2, 0) is 6.42 Å². The molecule has 0 atom stereocenters. The highest BCUT2D eigenvalue weighted by atomic mass is 79.9. The fourth-order valence-electron chi connectivity index (χ4n) is 2.57. The molecule has 1 aliphatic heterocycles. The van der Waals surface area contributed by atoms with E-state index in [1.165, 1.54) is 5.56 Å². The second-order valence-electron chi connectivity index (χ2n) is 5.03. The van der Waals surface area contributed by atoms with Crippen LogP contribution in [0.1, 0.15) is 21.5 Å². The predicted molar refractivity (Wildman–Crippen MR) is 85.1 cm³/mol. The van der Waals surface area contributed by atoms with Gasteiger partial charge in [-0.1, -0.05) is 18.2 Å². The summed E-state index contributed by atoms with van der Waals surface area (Å²) in [6.45, 7) is 2.69. The van der Waals surface area contributed by atoms with Crippen LogP contribution in [0.3, 0.4) is 0 Å². The molecule has 0 aliphatic carbocycles. The van der Waals surface area contributed by atoms with E-state index in [-0.39, 0.29) is 5.91 Å². The quantitative estimate of drug-likeness (QED) is 0.813. The number of fused-ring (bicyclic) bond motifs is 1. The molecule has 0 saturated heterocycles. The molecule has 0 fully saturated rings. The first kappa shape index (κ1) is 13.2. The molecule has 1 amide bonds. The number of rotatable bonds is 1. The molecule has 3 nitrogen and oxygen atoms in total. The van der Waals surface area contributed by atoms with Crippen LogP contribution in [0.15, 0.2) is 40.9 Å². The number of nitrogens with zero attached hydrogens (tertiary/aromatic N) is 1. The molecule has 20 heavy (non-hydrogen) atoms. The van der Waals surface area contributed by atoms with Gasteiger partial charge < -0.3 is 10.6 Å². The zero-order valence-electron chi connectivity index (χ0n) is 11.2. The van der Waals surface area contributed by atoms with Crippen molar-refractivity contribution in [3.05, 3.63) is 57.6 Å². The van der Waals surface area contributed by atoms with E-state index < -0.39 is 0 Å². The largest absolute Gasteiger partial charge is 0.399 e.